The monoisotopic (exact) mass is 279 g/mol. The lowest BCUT2D eigenvalue weighted by Gasteiger charge is -2.35. The SMILES string of the molecule is Cc1ccc(C(=O)N2CCCCC2CC(=O)O)cc1F. The van der Waals surface area contributed by atoms with Gasteiger partial charge in [-0.1, -0.05) is 6.07 Å². The zero-order valence-electron chi connectivity index (χ0n) is 11.4. The van der Waals surface area contributed by atoms with Gasteiger partial charge in [0.1, 0.15) is 5.82 Å². The van der Waals surface area contributed by atoms with Crippen LogP contribution in [0.1, 0.15) is 41.6 Å². The standard InChI is InChI=1S/C15H18FNO3/c1-10-5-6-11(8-13(10)16)15(20)17-7-3-2-4-12(17)9-14(18)19/h5-6,8,12H,2-4,7,9H2,1H3,(H,18,19). The van der Waals surface area contributed by atoms with Gasteiger partial charge in [-0.25, -0.2) is 4.39 Å². The van der Waals surface area contributed by atoms with Gasteiger partial charge in [0.05, 0.1) is 6.42 Å². The molecule has 1 aliphatic rings. The van der Waals surface area contributed by atoms with Crippen LogP contribution in [-0.2, 0) is 4.79 Å². The number of carboxylic acid groups (broad SMARTS) is 1. The molecule has 0 aliphatic carbocycles. The smallest absolute Gasteiger partial charge is 0.305 e. The Morgan fingerprint density at radius 1 is 1.40 bits per heavy atom. The third kappa shape index (κ3) is 3.15. The molecule has 1 amide bonds. The van der Waals surface area contributed by atoms with Crippen molar-refractivity contribution in [1.29, 1.82) is 0 Å². The molecule has 4 nitrogen and oxygen atoms in total. The van der Waals surface area contributed by atoms with E-state index in [0.29, 0.717) is 18.5 Å². The van der Waals surface area contributed by atoms with Gasteiger partial charge < -0.3 is 10.0 Å². The third-order valence-corrected chi connectivity index (χ3v) is 3.72. The van der Waals surface area contributed by atoms with E-state index >= 15 is 0 Å². The van der Waals surface area contributed by atoms with Crippen molar-refractivity contribution in [3.63, 3.8) is 0 Å². The Balaban J connectivity index is 2.20. The molecule has 0 bridgehead atoms. The van der Waals surface area contributed by atoms with Gasteiger partial charge in [-0.15, -0.1) is 0 Å². The number of carbonyl (C=O) groups excluding carboxylic acids is 1. The summed E-state index contributed by atoms with van der Waals surface area (Å²) < 4.78 is 13.5. The van der Waals surface area contributed by atoms with Gasteiger partial charge in [-0.05, 0) is 43.9 Å². The van der Waals surface area contributed by atoms with E-state index in [9.17, 15) is 14.0 Å². The number of piperidine rings is 1. The molecule has 1 aliphatic heterocycles. The zero-order chi connectivity index (χ0) is 14.7. The van der Waals surface area contributed by atoms with E-state index in [0.717, 1.165) is 12.8 Å². The van der Waals surface area contributed by atoms with Crippen LogP contribution in [-0.4, -0.2) is 34.5 Å². The van der Waals surface area contributed by atoms with Crippen LogP contribution in [0.2, 0.25) is 0 Å². The van der Waals surface area contributed by atoms with E-state index in [-0.39, 0.29) is 23.9 Å². The molecule has 1 heterocycles. The molecule has 1 saturated heterocycles. The molecule has 1 fully saturated rings. The van der Waals surface area contributed by atoms with Crippen molar-refractivity contribution in [1.82, 2.24) is 4.90 Å². The fraction of sp³-hybridized carbons (Fsp3) is 0.467. The van der Waals surface area contributed by atoms with Crippen molar-refractivity contribution in [2.75, 3.05) is 6.54 Å². The number of carboxylic acids is 1. The Morgan fingerprint density at radius 2 is 2.15 bits per heavy atom. The summed E-state index contributed by atoms with van der Waals surface area (Å²) in [7, 11) is 0. The van der Waals surface area contributed by atoms with Crippen molar-refractivity contribution in [3.8, 4) is 0 Å². The minimum atomic E-state index is -0.912. The molecule has 2 rings (SSSR count). The summed E-state index contributed by atoms with van der Waals surface area (Å²) in [6.07, 6.45) is 2.41. The number of rotatable bonds is 3. The molecule has 1 aromatic carbocycles. The number of halogens is 1. The number of nitrogens with zero attached hydrogens (tertiary/aromatic N) is 1. The van der Waals surface area contributed by atoms with Crippen LogP contribution in [0.15, 0.2) is 18.2 Å². The van der Waals surface area contributed by atoms with Gasteiger partial charge in [0.2, 0.25) is 0 Å². The second-order valence-electron chi connectivity index (χ2n) is 5.21. The molecule has 20 heavy (non-hydrogen) atoms. The Morgan fingerprint density at radius 3 is 2.80 bits per heavy atom. The van der Waals surface area contributed by atoms with E-state index in [1.165, 1.54) is 6.07 Å². The van der Waals surface area contributed by atoms with Crippen molar-refractivity contribution in [2.45, 2.75) is 38.6 Å². The Kier molecular flexibility index (Phi) is 4.37. The molecule has 1 N–H and O–H groups in total. The van der Waals surface area contributed by atoms with Gasteiger partial charge in [-0.2, -0.15) is 0 Å². The molecule has 5 heteroatoms. The first-order chi connectivity index (χ1) is 9.49. The first kappa shape index (κ1) is 14.5. The first-order valence-electron chi connectivity index (χ1n) is 6.78. The van der Waals surface area contributed by atoms with Gasteiger partial charge in [0.25, 0.3) is 5.91 Å². The summed E-state index contributed by atoms with van der Waals surface area (Å²) in [4.78, 5) is 24.9. The highest BCUT2D eigenvalue weighted by Gasteiger charge is 2.29. The normalized spacial score (nSPS) is 18.9. The lowest BCUT2D eigenvalue weighted by molar-refractivity contribution is -0.138. The van der Waals surface area contributed by atoms with Gasteiger partial charge in [0.15, 0.2) is 0 Å². The van der Waals surface area contributed by atoms with Crippen LogP contribution in [0.5, 0.6) is 0 Å². The van der Waals surface area contributed by atoms with Crippen molar-refractivity contribution in [3.05, 3.63) is 35.1 Å². The highest BCUT2D eigenvalue weighted by atomic mass is 19.1. The molecular formula is C15H18FNO3. The zero-order valence-corrected chi connectivity index (χ0v) is 11.4. The molecule has 0 saturated carbocycles. The Hall–Kier alpha value is -1.91. The number of aryl methyl sites for hydroxylation is 1. The van der Waals surface area contributed by atoms with E-state index in [1.54, 1.807) is 24.0 Å². The minimum Gasteiger partial charge on any atom is -0.481 e. The van der Waals surface area contributed by atoms with Gasteiger partial charge >= 0.3 is 5.97 Å². The van der Waals surface area contributed by atoms with E-state index in [4.69, 9.17) is 5.11 Å². The number of likely N-dealkylation sites (tertiary alicyclic amines) is 1. The number of hydrogen-bond acceptors (Lipinski definition) is 2. The average molecular weight is 279 g/mol. The predicted octanol–water partition coefficient (Wildman–Crippen LogP) is 2.60. The molecule has 108 valence electrons. The maximum Gasteiger partial charge on any atom is 0.305 e. The van der Waals surface area contributed by atoms with Crippen LogP contribution in [0.25, 0.3) is 0 Å². The number of amides is 1. The second kappa shape index (κ2) is 6.03. The van der Waals surface area contributed by atoms with Crippen LogP contribution in [0.3, 0.4) is 0 Å². The quantitative estimate of drug-likeness (QED) is 0.925. The maximum absolute atomic E-state index is 13.5. The van der Waals surface area contributed by atoms with E-state index < -0.39 is 11.8 Å². The maximum atomic E-state index is 13.5. The summed E-state index contributed by atoms with van der Waals surface area (Å²) in [6.45, 7) is 2.17. The fourth-order valence-electron chi connectivity index (χ4n) is 2.57. The average Bonchev–Trinajstić information content (AvgIpc) is 2.41. The van der Waals surface area contributed by atoms with E-state index in [1.807, 2.05) is 0 Å². The first-order valence-corrected chi connectivity index (χ1v) is 6.78. The minimum absolute atomic E-state index is 0.0555. The van der Waals surface area contributed by atoms with Crippen molar-refractivity contribution < 1.29 is 19.1 Å². The highest BCUT2D eigenvalue weighted by molar-refractivity contribution is 5.94. The number of benzene rings is 1. The second-order valence-corrected chi connectivity index (χ2v) is 5.21. The van der Waals surface area contributed by atoms with Crippen LogP contribution in [0, 0.1) is 12.7 Å². The van der Waals surface area contributed by atoms with Crippen LogP contribution in [0.4, 0.5) is 4.39 Å². The summed E-state index contributed by atoms with van der Waals surface area (Å²) in [5.41, 5.74) is 0.771. The molecule has 1 aromatic rings. The van der Waals surface area contributed by atoms with Crippen LogP contribution < -0.4 is 0 Å². The number of hydrogen-bond donors (Lipinski definition) is 1. The van der Waals surface area contributed by atoms with Crippen LogP contribution >= 0.6 is 0 Å². The van der Waals surface area contributed by atoms with Crippen molar-refractivity contribution >= 4 is 11.9 Å². The number of aliphatic carboxylic acids is 1. The van der Waals surface area contributed by atoms with Gasteiger partial charge in [-0.3, -0.25) is 9.59 Å². The lowest BCUT2D eigenvalue weighted by atomic mass is 9.98. The Labute approximate surface area is 117 Å². The number of carbonyl (C=O) groups is 2. The topological polar surface area (TPSA) is 57.6 Å². The molecule has 0 radical (unpaired) electrons. The molecule has 1 atom stereocenters. The molecule has 1 unspecified atom stereocenters. The van der Waals surface area contributed by atoms with Crippen molar-refractivity contribution in [2.24, 2.45) is 0 Å². The molecular weight excluding hydrogens is 261 g/mol. The van der Waals surface area contributed by atoms with E-state index in [2.05, 4.69) is 0 Å². The summed E-state index contributed by atoms with van der Waals surface area (Å²) in [5.74, 6) is -1.61. The molecule has 0 aromatic heterocycles. The Bertz CT molecular complexity index is 530. The molecule has 0 spiro atoms. The largest absolute Gasteiger partial charge is 0.481 e. The summed E-state index contributed by atoms with van der Waals surface area (Å²) >= 11 is 0. The predicted molar refractivity (Wildman–Crippen MR) is 72.1 cm³/mol. The third-order valence-electron chi connectivity index (χ3n) is 3.72. The lowest BCUT2D eigenvalue weighted by Crippen LogP contribution is -2.44. The summed E-state index contributed by atoms with van der Waals surface area (Å²) in [5, 5.41) is 8.92. The fourth-order valence-corrected chi connectivity index (χ4v) is 2.57. The highest BCUT2D eigenvalue weighted by Crippen LogP contribution is 2.22. The van der Waals surface area contributed by atoms with Gasteiger partial charge in [0, 0.05) is 18.2 Å². The summed E-state index contributed by atoms with van der Waals surface area (Å²) in [6, 6.07) is 4.09.